The Balaban J connectivity index is 2.96. The second-order valence-electron chi connectivity index (χ2n) is 2.79. The molecule has 0 atom stereocenters. The molecule has 0 saturated heterocycles. The van der Waals surface area contributed by atoms with Gasteiger partial charge in [0.05, 0.1) is 6.61 Å². The second-order valence-corrected chi connectivity index (χ2v) is 3.71. The van der Waals surface area contributed by atoms with E-state index in [-0.39, 0.29) is 5.56 Å². The van der Waals surface area contributed by atoms with E-state index >= 15 is 0 Å². The summed E-state index contributed by atoms with van der Waals surface area (Å²) in [5, 5.41) is 8.89. The van der Waals surface area contributed by atoms with Gasteiger partial charge in [0.1, 0.15) is 11.3 Å². The molecule has 0 radical (unpaired) electrons. The Labute approximate surface area is 90.8 Å². The number of hydrogen-bond acceptors (Lipinski definition) is 2. The van der Waals surface area contributed by atoms with Crippen LogP contribution in [0, 0.1) is 0 Å². The third kappa shape index (κ3) is 2.73. The van der Waals surface area contributed by atoms with E-state index in [4.69, 9.17) is 9.84 Å². The third-order valence-corrected chi connectivity index (χ3v) is 2.13. The van der Waals surface area contributed by atoms with Crippen molar-refractivity contribution in [3.63, 3.8) is 0 Å². The molecule has 4 heteroatoms. The van der Waals surface area contributed by atoms with Gasteiger partial charge in [0.2, 0.25) is 0 Å². The van der Waals surface area contributed by atoms with Crippen molar-refractivity contribution in [3.05, 3.63) is 28.2 Å². The van der Waals surface area contributed by atoms with Crippen LogP contribution in [0.1, 0.15) is 23.7 Å². The highest BCUT2D eigenvalue weighted by Crippen LogP contribution is 2.23. The van der Waals surface area contributed by atoms with E-state index in [1.54, 1.807) is 12.1 Å². The van der Waals surface area contributed by atoms with Crippen molar-refractivity contribution in [3.8, 4) is 5.75 Å². The molecular formula is C10H11BrO3. The largest absolute Gasteiger partial charge is 0.493 e. The molecule has 0 fully saturated rings. The van der Waals surface area contributed by atoms with Crippen molar-refractivity contribution in [2.75, 3.05) is 6.61 Å². The number of benzene rings is 1. The average molecular weight is 259 g/mol. The molecule has 3 nitrogen and oxygen atoms in total. The number of rotatable bonds is 4. The van der Waals surface area contributed by atoms with E-state index in [2.05, 4.69) is 15.9 Å². The molecule has 0 spiro atoms. The summed E-state index contributed by atoms with van der Waals surface area (Å²) in [5.74, 6) is -0.556. The summed E-state index contributed by atoms with van der Waals surface area (Å²) < 4.78 is 6.04. The quantitative estimate of drug-likeness (QED) is 0.904. The maximum Gasteiger partial charge on any atom is 0.339 e. The van der Waals surface area contributed by atoms with Crippen LogP contribution in [0.2, 0.25) is 0 Å². The number of carbonyl (C=O) groups is 1. The first-order valence-electron chi connectivity index (χ1n) is 4.30. The molecule has 0 unspecified atom stereocenters. The van der Waals surface area contributed by atoms with Gasteiger partial charge in [0.25, 0.3) is 0 Å². The minimum atomic E-state index is -0.975. The zero-order valence-electron chi connectivity index (χ0n) is 7.79. The Kier molecular flexibility index (Phi) is 3.95. The molecule has 1 rings (SSSR count). The highest BCUT2D eigenvalue weighted by Gasteiger charge is 2.11. The lowest BCUT2D eigenvalue weighted by atomic mass is 10.2. The zero-order valence-corrected chi connectivity index (χ0v) is 9.37. The lowest BCUT2D eigenvalue weighted by Crippen LogP contribution is -2.03. The summed E-state index contributed by atoms with van der Waals surface area (Å²) in [4.78, 5) is 10.8. The van der Waals surface area contributed by atoms with E-state index < -0.39 is 5.97 Å². The number of ether oxygens (including phenoxy) is 1. The van der Waals surface area contributed by atoms with Crippen molar-refractivity contribution < 1.29 is 14.6 Å². The lowest BCUT2D eigenvalue weighted by Gasteiger charge is -2.07. The fourth-order valence-corrected chi connectivity index (χ4v) is 1.37. The van der Waals surface area contributed by atoms with Gasteiger partial charge in [-0.05, 0) is 24.6 Å². The predicted octanol–water partition coefficient (Wildman–Crippen LogP) is 2.94. The van der Waals surface area contributed by atoms with Gasteiger partial charge in [-0.25, -0.2) is 4.79 Å². The molecule has 0 aliphatic carbocycles. The zero-order chi connectivity index (χ0) is 10.6. The first-order valence-corrected chi connectivity index (χ1v) is 5.10. The fraction of sp³-hybridized carbons (Fsp3) is 0.300. The topological polar surface area (TPSA) is 46.5 Å². The summed E-state index contributed by atoms with van der Waals surface area (Å²) in [7, 11) is 0. The van der Waals surface area contributed by atoms with Gasteiger partial charge >= 0.3 is 5.97 Å². The SMILES string of the molecule is CCCOc1ccc(Br)cc1C(=O)O. The first kappa shape index (κ1) is 11.0. The molecule has 0 amide bonds. The third-order valence-electron chi connectivity index (χ3n) is 1.63. The predicted molar refractivity (Wildman–Crippen MR) is 56.9 cm³/mol. The van der Waals surface area contributed by atoms with E-state index in [9.17, 15) is 4.79 Å². The van der Waals surface area contributed by atoms with Crippen LogP contribution in [0.25, 0.3) is 0 Å². The molecule has 0 saturated carbocycles. The maximum atomic E-state index is 10.8. The standard InChI is InChI=1S/C10H11BrO3/c1-2-5-14-9-4-3-7(11)6-8(9)10(12)13/h3-4,6H,2,5H2,1H3,(H,12,13). The van der Waals surface area contributed by atoms with E-state index in [0.29, 0.717) is 12.4 Å². The van der Waals surface area contributed by atoms with E-state index in [1.807, 2.05) is 6.92 Å². The molecule has 14 heavy (non-hydrogen) atoms. The minimum Gasteiger partial charge on any atom is -0.493 e. The summed E-state index contributed by atoms with van der Waals surface area (Å²) in [6.07, 6.45) is 0.856. The molecule has 0 bridgehead atoms. The fourth-order valence-electron chi connectivity index (χ4n) is 1.01. The second kappa shape index (κ2) is 5.00. The Hall–Kier alpha value is -1.03. The molecule has 0 aliphatic rings. The number of hydrogen-bond donors (Lipinski definition) is 1. The van der Waals surface area contributed by atoms with Gasteiger partial charge in [-0.2, -0.15) is 0 Å². The summed E-state index contributed by atoms with van der Waals surface area (Å²) in [5.41, 5.74) is 0.188. The van der Waals surface area contributed by atoms with Gasteiger partial charge in [-0.1, -0.05) is 22.9 Å². The summed E-state index contributed by atoms with van der Waals surface area (Å²) in [6, 6.07) is 4.95. The Morgan fingerprint density at radius 1 is 1.57 bits per heavy atom. The molecule has 0 aliphatic heterocycles. The minimum absolute atomic E-state index is 0.188. The van der Waals surface area contributed by atoms with Gasteiger partial charge in [-0.15, -0.1) is 0 Å². The van der Waals surface area contributed by atoms with E-state index in [0.717, 1.165) is 10.9 Å². The molecule has 1 aromatic carbocycles. The van der Waals surface area contributed by atoms with Crippen molar-refractivity contribution in [2.24, 2.45) is 0 Å². The average Bonchev–Trinajstić information content (AvgIpc) is 2.15. The molecule has 76 valence electrons. The number of aromatic carboxylic acids is 1. The highest BCUT2D eigenvalue weighted by molar-refractivity contribution is 9.10. The van der Waals surface area contributed by atoms with Crippen molar-refractivity contribution >= 4 is 21.9 Å². The molecule has 0 aromatic heterocycles. The van der Waals surface area contributed by atoms with Crippen molar-refractivity contribution in [2.45, 2.75) is 13.3 Å². The smallest absolute Gasteiger partial charge is 0.339 e. The van der Waals surface area contributed by atoms with Gasteiger partial charge in [0.15, 0.2) is 0 Å². The van der Waals surface area contributed by atoms with Crippen LogP contribution in [0.15, 0.2) is 22.7 Å². The van der Waals surface area contributed by atoms with Crippen LogP contribution in [-0.4, -0.2) is 17.7 Å². The number of carboxylic acids is 1. The molecule has 0 heterocycles. The summed E-state index contributed by atoms with van der Waals surface area (Å²) >= 11 is 3.21. The Morgan fingerprint density at radius 2 is 2.29 bits per heavy atom. The number of halogens is 1. The summed E-state index contributed by atoms with van der Waals surface area (Å²) in [6.45, 7) is 2.50. The molecular weight excluding hydrogens is 248 g/mol. The van der Waals surface area contributed by atoms with Gasteiger partial charge in [0, 0.05) is 4.47 Å². The van der Waals surface area contributed by atoms with Crippen LogP contribution in [-0.2, 0) is 0 Å². The van der Waals surface area contributed by atoms with E-state index in [1.165, 1.54) is 6.07 Å². The van der Waals surface area contributed by atoms with Crippen LogP contribution in [0.5, 0.6) is 5.75 Å². The van der Waals surface area contributed by atoms with Crippen molar-refractivity contribution in [1.82, 2.24) is 0 Å². The number of carboxylic acid groups (broad SMARTS) is 1. The van der Waals surface area contributed by atoms with Crippen LogP contribution >= 0.6 is 15.9 Å². The highest BCUT2D eigenvalue weighted by atomic mass is 79.9. The first-order chi connectivity index (χ1) is 6.65. The Bertz CT molecular complexity index is 336. The van der Waals surface area contributed by atoms with Crippen LogP contribution in [0.3, 0.4) is 0 Å². The Morgan fingerprint density at radius 3 is 2.86 bits per heavy atom. The molecule has 1 N–H and O–H groups in total. The van der Waals surface area contributed by atoms with Crippen LogP contribution in [0.4, 0.5) is 0 Å². The monoisotopic (exact) mass is 258 g/mol. The molecule has 1 aromatic rings. The van der Waals surface area contributed by atoms with Gasteiger partial charge in [-0.3, -0.25) is 0 Å². The van der Waals surface area contributed by atoms with Gasteiger partial charge < -0.3 is 9.84 Å². The van der Waals surface area contributed by atoms with Crippen LogP contribution < -0.4 is 4.74 Å². The normalized spacial score (nSPS) is 9.86. The van der Waals surface area contributed by atoms with Crippen molar-refractivity contribution in [1.29, 1.82) is 0 Å². The maximum absolute atomic E-state index is 10.8. The lowest BCUT2D eigenvalue weighted by molar-refractivity contribution is 0.0692.